The molecule has 1 fully saturated rings. The highest BCUT2D eigenvalue weighted by atomic mass is 16.3. The van der Waals surface area contributed by atoms with Gasteiger partial charge in [0.1, 0.15) is 5.58 Å². The van der Waals surface area contributed by atoms with Crippen LogP contribution in [0.4, 0.5) is 0 Å². The van der Waals surface area contributed by atoms with Crippen molar-refractivity contribution in [3.8, 4) is 0 Å². The van der Waals surface area contributed by atoms with Crippen LogP contribution in [0.15, 0.2) is 34.9 Å². The van der Waals surface area contributed by atoms with Crippen molar-refractivity contribution in [3.63, 3.8) is 0 Å². The molecule has 1 N–H and O–H groups in total. The third kappa shape index (κ3) is 2.82. The summed E-state index contributed by atoms with van der Waals surface area (Å²) in [6.45, 7) is 4.19. The van der Waals surface area contributed by atoms with E-state index in [1.807, 2.05) is 18.4 Å². The molecule has 3 nitrogen and oxygen atoms in total. The van der Waals surface area contributed by atoms with E-state index in [4.69, 9.17) is 4.42 Å². The van der Waals surface area contributed by atoms with Crippen LogP contribution in [-0.4, -0.2) is 30.6 Å². The highest BCUT2D eigenvalue weighted by molar-refractivity contribution is 5.80. The summed E-state index contributed by atoms with van der Waals surface area (Å²) < 4.78 is 5.55. The van der Waals surface area contributed by atoms with E-state index < -0.39 is 0 Å². The molecule has 3 heteroatoms. The molecule has 1 aromatic carbocycles. The molecule has 1 aromatic heterocycles. The lowest BCUT2D eigenvalue weighted by atomic mass is 10.2. The first-order chi connectivity index (χ1) is 9.25. The van der Waals surface area contributed by atoms with Crippen molar-refractivity contribution in [1.82, 2.24) is 10.2 Å². The van der Waals surface area contributed by atoms with Gasteiger partial charge >= 0.3 is 0 Å². The molecule has 102 valence electrons. The molecule has 0 amide bonds. The third-order valence-electron chi connectivity index (χ3n) is 4.13. The Kier molecular flexibility index (Phi) is 3.58. The van der Waals surface area contributed by atoms with Crippen LogP contribution in [0.1, 0.15) is 25.3 Å². The maximum atomic E-state index is 5.55. The number of likely N-dealkylation sites (N-methyl/N-ethyl adjacent to an activating group) is 1. The predicted octanol–water partition coefficient (Wildman–Crippen LogP) is 3.01. The molecule has 0 aliphatic heterocycles. The van der Waals surface area contributed by atoms with Crippen LogP contribution in [0.25, 0.3) is 11.0 Å². The maximum Gasteiger partial charge on any atom is 0.134 e. The fourth-order valence-corrected chi connectivity index (χ4v) is 2.57. The zero-order chi connectivity index (χ0) is 13.2. The Morgan fingerprint density at radius 1 is 1.37 bits per heavy atom. The van der Waals surface area contributed by atoms with Crippen LogP contribution in [0.5, 0.6) is 0 Å². The Morgan fingerprint density at radius 2 is 2.16 bits per heavy atom. The summed E-state index contributed by atoms with van der Waals surface area (Å²) in [6, 6.07) is 9.62. The van der Waals surface area contributed by atoms with Gasteiger partial charge in [0.25, 0.3) is 0 Å². The minimum absolute atomic E-state index is 0.589. The summed E-state index contributed by atoms with van der Waals surface area (Å²) in [5.41, 5.74) is 2.22. The molecule has 0 spiro atoms. The van der Waals surface area contributed by atoms with Gasteiger partial charge in [0.15, 0.2) is 0 Å². The molecule has 1 unspecified atom stereocenters. The quantitative estimate of drug-likeness (QED) is 0.863. The molecule has 1 saturated carbocycles. The second kappa shape index (κ2) is 5.35. The zero-order valence-corrected chi connectivity index (χ0v) is 11.7. The number of fused-ring (bicyclic) bond motifs is 1. The first kappa shape index (κ1) is 12.7. The summed E-state index contributed by atoms with van der Waals surface area (Å²) in [5.74, 6) is 0. The van der Waals surface area contributed by atoms with Gasteiger partial charge in [0, 0.05) is 36.1 Å². The molecule has 2 aromatic rings. The predicted molar refractivity (Wildman–Crippen MR) is 78.2 cm³/mol. The van der Waals surface area contributed by atoms with Crippen molar-refractivity contribution >= 4 is 11.0 Å². The van der Waals surface area contributed by atoms with Gasteiger partial charge < -0.3 is 9.73 Å². The fraction of sp³-hybridized carbons (Fsp3) is 0.500. The Bertz CT molecular complexity index is 544. The van der Waals surface area contributed by atoms with Crippen LogP contribution in [0.3, 0.4) is 0 Å². The van der Waals surface area contributed by atoms with Gasteiger partial charge in [-0.3, -0.25) is 4.90 Å². The number of benzene rings is 1. The van der Waals surface area contributed by atoms with Gasteiger partial charge in [0.2, 0.25) is 0 Å². The molecule has 0 bridgehead atoms. The standard InChI is InChI=1S/C16H22N2O/c1-12(18(2)14-7-8-14)9-17-10-13-11-19-16-6-4-3-5-15(13)16/h3-6,11-12,14,17H,7-10H2,1-2H3. The van der Waals surface area contributed by atoms with E-state index in [9.17, 15) is 0 Å². The second-order valence-electron chi connectivity index (χ2n) is 5.63. The topological polar surface area (TPSA) is 28.4 Å². The maximum absolute atomic E-state index is 5.55. The monoisotopic (exact) mass is 258 g/mol. The third-order valence-corrected chi connectivity index (χ3v) is 4.13. The number of furan rings is 1. The lowest BCUT2D eigenvalue weighted by Gasteiger charge is -2.24. The normalized spacial score (nSPS) is 17.2. The lowest BCUT2D eigenvalue weighted by Crippen LogP contribution is -2.38. The molecule has 1 atom stereocenters. The number of rotatable bonds is 6. The highest BCUT2D eigenvalue weighted by Gasteiger charge is 2.28. The fourth-order valence-electron chi connectivity index (χ4n) is 2.57. The average Bonchev–Trinajstić information content (AvgIpc) is 3.20. The van der Waals surface area contributed by atoms with Crippen molar-refractivity contribution in [2.24, 2.45) is 0 Å². The van der Waals surface area contributed by atoms with E-state index in [-0.39, 0.29) is 0 Å². The minimum atomic E-state index is 0.589. The van der Waals surface area contributed by atoms with Gasteiger partial charge in [-0.15, -0.1) is 0 Å². The molecule has 0 saturated heterocycles. The van der Waals surface area contributed by atoms with Crippen LogP contribution < -0.4 is 5.32 Å². The smallest absolute Gasteiger partial charge is 0.134 e. The van der Waals surface area contributed by atoms with Crippen LogP contribution in [0, 0.1) is 0 Å². The van der Waals surface area contributed by atoms with Gasteiger partial charge in [-0.05, 0) is 32.9 Å². The van der Waals surface area contributed by atoms with Gasteiger partial charge in [-0.1, -0.05) is 18.2 Å². The van der Waals surface area contributed by atoms with E-state index in [1.165, 1.54) is 23.8 Å². The summed E-state index contributed by atoms with van der Waals surface area (Å²) in [6.07, 6.45) is 4.60. The van der Waals surface area contributed by atoms with Gasteiger partial charge in [-0.25, -0.2) is 0 Å². The Balaban J connectivity index is 1.54. The largest absolute Gasteiger partial charge is 0.464 e. The van der Waals surface area contributed by atoms with Crippen molar-refractivity contribution in [2.45, 2.75) is 38.4 Å². The molecule has 19 heavy (non-hydrogen) atoms. The van der Waals surface area contributed by atoms with Crippen molar-refractivity contribution in [1.29, 1.82) is 0 Å². The van der Waals surface area contributed by atoms with Crippen LogP contribution >= 0.6 is 0 Å². The van der Waals surface area contributed by atoms with E-state index >= 15 is 0 Å². The number of nitrogens with one attached hydrogen (secondary N) is 1. The zero-order valence-electron chi connectivity index (χ0n) is 11.7. The van der Waals surface area contributed by atoms with E-state index in [2.05, 4.69) is 36.3 Å². The van der Waals surface area contributed by atoms with Crippen molar-refractivity contribution < 1.29 is 4.42 Å². The van der Waals surface area contributed by atoms with Crippen LogP contribution in [-0.2, 0) is 6.54 Å². The molecule has 3 rings (SSSR count). The van der Waals surface area contributed by atoms with Crippen LogP contribution in [0.2, 0.25) is 0 Å². The average molecular weight is 258 g/mol. The number of hydrogen-bond donors (Lipinski definition) is 1. The SMILES string of the molecule is CC(CNCc1coc2ccccc12)N(C)C1CC1. The van der Waals surface area contributed by atoms with E-state index in [1.54, 1.807) is 0 Å². The Labute approximate surface area is 114 Å². The molecule has 1 aliphatic rings. The van der Waals surface area contributed by atoms with Gasteiger partial charge in [0.05, 0.1) is 6.26 Å². The highest BCUT2D eigenvalue weighted by Crippen LogP contribution is 2.26. The summed E-state index contributed by atoms with van der Waals surface area (Å²) in [4.78, 5) is 2.49. The Hall–Kier alpha value is -1.32. The lowest BCUT2D eigenvalue weighted by molar-refractivity contribution is 0.241. The summed E-state index contributed by atoms with van der Waals surface area (Å²) >= 11 is 0. The first-order valence-corrected chi connectivity index (χ1v) is 7.13. The van der Waals surface area contributed by atoms with Crippen molar-refractivity contribution in [2.75, 3.05) is 13.6 Å². The molecule has 1 heterocycles. The van der Waals surface area contributed by atoms with Gasteiger partial charge in [-0.2, -0.15) is 0 Å². The number of nitrogens with zero attached hydrogens (tertiary/aromatic N) is 1. The molecular formula is C16H22N2O. The minimum Gasteiger partial charge on any atom is -0.464 e. The number of para-hydroxylation sites is 1. The molecule has 1 aliphatic carbocycles. The van der Waals surface area contributed by atoms with E-state index in [0.29, 0.717) is 6.04 Å². The summed E-state index contributed by atoms with van der Waals surface area (Å²) in [5, 5.41) is 4.76. The number of hydrogen-bond acceptors (Lipinski definition) is 3. The molecular weight excluding hydrogens is 236 g/mol. The Morgan fingerprint density at radius 3 is 2.95 bits per heavy atom. The van der Waals surface area contributed by atoms with E-state index in [0.717, 1.165) is 24.7 Å². The molecule has 0 radical (unpaired) electrons. The second-order valence-corrected chi connectivity index (χ2v) is 5.63. The summed E-state index contributed by atoms with van der Waals surface area (Å²) in [7, 11) is 2.23. The van der Waals surface area contributed by atoms with Crippen molar-refractivity contribution in [3.05, 3.63) is 36.1 Å². The first-order valence-electron chi connectivity index (χ1n) is 7.13.